The summed E-state index contributed by atoms with van der Waals surface area (Å²) in [6, 6.07) is 0. The van der Waals surface area contributed by atoms with Gasteiger partial charge in [-0.25, -0.2) is 0 Å². The Morgan fingerprint density at radius 2 is 2.43 bits per heavy atom. The smallest absolute Gasteiger partial charge is 0.120 e. The molecule has 1 aliphatic rings. The lowest BCUT2D eigenvalue weighted by Crippen LogP contribution is -2.25. The fourth-order valence-corrected chi connectivity index (χ4v) is 0.460. The van der Waals surface area contributed by atoms with E-state index >= 15 is 0 Å². The number of hydrazine groups is 1. The van der Waals surface area contributed by atoms with Crippen LogP contribution in [0, 0.1) is 0 Å². The Kier molecular flexibility index (Phi) is 1.22. The summed E-state index contributed by atoms with van der Waals surface area (Å²) in [6.45, 7) is 0. The predicted octanol–water partition coefficient (Wildman–Crippen LogP) is 0.688. The van der Waals surface area contributed by atoms with Gasteiger partial charge in [-0.2, -0.15) is 0 Å². The largest absolute Gasteiger partial charge is 0.307 e. The molecule has 1 heterocycles. The van der Waals surface area contributed by atoms with Crippen molar-refractivity contribution in [3.8, 4) is 0 Å². The second-order valence-electron chi connectivity index (χ2n) is 1.14. The molecule has 0 unspecified atom stereocenters. The van der Waals surface area contributed by atoms with Crippen LogP contribution in [0.5, 0.6) is 0 Å². The maximum absolute atomic E-state index is 5.45. The van der Waals surface area contributed by atoms with E-state index in [1.807, 2.05) is 6.08 Å². The molecule has 0 aliphatic carbocycles. The molecule has 0 radical (unpaired) electrons. The average Bonchev–Trinajstić information content (AvgIpc) is 1.69. The molecule has 2 nitrogen and oxygen atoms in total. The molecule has 0 aromatic carbocycles. The van der Waals surface area contributed by atoms with Crippen molar-refractivity contribution in [2.24, 2.45) is 0 Å². The van der Waals surface area contributed by atoms with Crippen molar-refractivity contribution >= 4 is 11.6 Å². The molecule has 38 valence electrons. The van der Waals surface area contributed by atoms with Gasteiger partial charge in [-0.1, -0.05) is 11.6 Å². The highest BCUT2D eigenvalue weighted by molar-refractivity contribution is 6.29. The van der Waals surface area contributed by atoms with Crippen LogP contribution in [-0.4, -0.2) is 0 Å². The minimum Gasteiger partial charge on any atom is -0.307 e. The molecule has 0 atom stereocenters. The maximum Gasteiger partial charge on any atom is 0.120 e. The minimum atomic E-state index is 0.613. The fourth-order valence-electron chi connectivity index (χ4n) is 0.333. The van der Waals surface area contributed by atoms with Gasteiger partial charge in [0, 0.05) is 6.20 Å². The molecule has 0 aromatic heterocycles. The van der Waals surface area contributed by atoms with E-state index < -0.39 is 0 Å². The summed E-state index contributed by atoms with van der Waals surface area (Å²) in [5, 5.41) is 0.613. The van der Waals surface area contributed by atoms with Crippen molar-refractivity contribution < 1.29 is 0 Å². The summed E-state index contributed by atoms with van der Waals surface area (Å²) in [7, 11) is 0. The molecule has 0 spiro atoms. The lowest BCUT2D eigenvalue weighted by Gasteiger charge is -2.04. The number of halogens is 1. The molecule has 3 heteroatoms. The molecule has 0 saturated carbocycles. The van der Waals surface area contributed by atoms with Crippen LogP contribution < -0.4 is 10.9 Å². The number of rotatable bonds is 0. The molecule has 0 saturated heterocycles. The molecule has 1 rings (SSSR count). The summed E-state index contributed by atoms with van der Waals surface area (Å²) in [4.78, 5) is 0. The van der Waals surface area contributed by atoms with Crippen LogP contribution in [0.15, 0.2) is 23.5 Å². The number of allylic oxidation sites excluding steroid dienone is 2. The van der Waals surface area contributed by atoms with Crippen LogP contribution in [0.25, 0.3) is 0 Å². The van der Waals surface area contributed by atoms with E-state index in [0.717, 1.165) is 0 Å². The van der Waals surface area contributed by atoms with Gasteiger partial charge in [-0.05, 0) is 12.2 Å². The summed E-state index contributed by atoms with van der Waals surface area (Å²) in [6.07, 6.45) is 5.34. The number of nitrogens with one attached hydrogen (secondary N) is 2. The Morgan fingerprint density at radius 1 is 1.57 bits per heavy atom. The first-order chi connectivity index (χ1) is 3.39. The Morgan fingerprint density at radius 3 is 2.71 bits per heavy atom. The van der Waals surface area contributed by atoms with Crippen LogP contribution in [0.2, 0.25) is 0 Å². The molecule has 0 bridgehead atoms. The van der Waals surface area contributed by atoms with Crippen molar-refractivity contribution in [3.05, 3.63) is 23.5 Å². The second kappa shape index (κ2) is 1.89. The zero-order chi connectivity index (χ0) is 5.11. The molecule has 0 fully saturated rings. The summed E-state index contributed by atoms with van der Waals surface area (Å²) in [5.74, 6) is 0. The highest BCUT2D eigenvalue weighted by atomic mass is 35.5. The normalized spacial score (nSPS) is 17.0. The third-order valence-corrected chi connectivity index (χ3v) is 0.834. The average molecular weight is 117 g/mol. The van der Waals surface area contributed by atoms with Crippen LogP contribution in [0.1, 0.15) is 0 Å². The summed E-state index contributed by atoms with van der Waals surface area (Å²) < 4.78 is 0. The monoisotopic (exact) mass is 116 g/mol. The SMILES string of the molecule is ClC1=CC=CNN1. The van der Waals surface area contributed by atoms with Gasteiger partial charge in [0.25, 0.3) is 0 Å². The fraction of sp³-hybridized carbons (Fsp3) is 0. The van der Waals surface area contributed by atoms with Crippen LogP contribution >= 0.6 is 11.6 Å². The maximum atomic E-state index is 5.45. The predicted molar refractivity (Wildman–Crippen MR) is 29.3 cm³/mol. The van der Waals surface area contributed by atoms with E-state index in [2.05, 4.69) is 10.9 Å². The van der Waals surface area contributed by atoms with Gasteiger partial charge in [0.2, 0.25) is 0 Å². The van der Waals surface area contributed by atoms with E-state index in [9.17, 15) is 0 Å². The van der Waals surface area contributed by atoms with Gasteiger partial charge >= 0.3 is 0 Å². The zero-order valence-corrected chi connectivity index (χ0v) is 4.37. The Labute approximate surface area is 46.8 Å². The first kappa shape index (κ1) is 4.53. The van der Waals surface area contributed by atoms with Gasteiger partial charge in [0.05, 0.1) is 0 Å². The standard InChI is InChI=1S/C4H5ClN2/c5-4-2-1-3-6-7-4/h1-3,6-7H. The van der Waals surface area contributed by atoms with Crippen molar-refractivity contribution in [3.63, 3.8) is 0 Å². The zero-order valence-electron chi connectivity index (χ0n) is 3.61. The Hall–Kier alpha value is -0.630. The van der Waals surface area contributed by atoms with E-state index in [-0.39, 0.29) is 0 Å². The topological polar surface area (TPSA) is 24.1 Å². The first-order valence-electron chi connectivity index (χ1n) is 1.93. The number of hydrogen-bond donors (Lipinski definition) is 2. The highest BCUT2D eigenvalue weighted by Crippen LogP contribution is 1.95. The Bertz CT molecular complexity index is 117. The number of hydrogen-bond acceptors (Lipinski definition) is 2. The van der Waals surface area contributed by atoms with E-state index in [4.69, 9.17) is 11.6 Å². The van der Waals surface area contributed by atoms with Gasteiger partial charge in [-0.15, -0.1) is 0 Å². The van der Waals surface area contributed by atoms with E-state index in [1.54, 1.807) is 12.3 Å². The van der Waals surface area contributed by atoms with E-state index in [0.29, 0.717) is 5.16 Å². The van der Waals surface area contributed by atoms with Gasteiger partial charge in [-0.3, -0.25) is 5.43 Å². The van der Waals surface area contributed by atoms with Crippen LogP contribution in [-0.2, 0) is 0 Å². The third-order valence-electron chi connectivity index (χ3n) is 0.614. The van der Waals surface area contributed by atoms with Crippen molar-refractivity contribution in [1.29, 1.82) is 0 Å². The lowest BCUT2D eigenvalue weighted by atomic mass is 10.5. The molecule has 0 amide bonds. The van der Waals surface area contributed by atoms with Crippen molar-refractivity contribution in [2.45, 2.75) is 0 Å². The van der Waals surface area contributed by atoms with E-state index in [1.165, 1.54) is 0 Å². The second-order valence-corrected chi connectivity index (χ2v) is 1.55. The molecule has 1 aliphatic heterocycles. The molecule has 0 aromatic rings. The van der Waals surface area contributed by atoms with Crippen LogP contribution in [0.3, 0.4) is 0 Å². The lowest BCUT2D eigenvalue weighted by molar-refractivity contribution is 0.753. The van der Waals surface area contributed by atoms with Crippen molar-refractivity contribution in [2.75, 3.05) is 0 Å². The van der Waals surface area contributed by atoms with Gasteiger partial charge < -0.3 is 5.43 Å². The first-order valence-corrected chi connectivity index (χ1v) is 2.31. The summed E-state index contributed by atoms with van der Waals surface area (Å²) >= 11 is 5.45. The van der Waals surface area contributed by atoms with Crippen LogP contribution in [0.4, 0.5) is 0 Å². The molecular weight excluding hydrogens is 112 g/mol. The third kappa shape index (κ3) is 1.12. The van der Waals surface area contributed by atoms with Crippen molar-refractivity contribution in [1.82, 2.24) is 10.9 Å². The van der Waals surface area contributed by atoms with Gasteiger partial charge in [0.1, 0.15) is 5.16 Å². The Balaban J connectivity index is 2.57. The highest BCUT2D eigenvalue weighted by Gasteiger charge is 1.86. The van der Waals surface area contributed by atoms with Gasteiger partial charge in [0.15, 0.2) is 0 Å². The summed E-state index contributed by atoms with van der Waals surface area (Å²) in [5.41, 5.74) is 5.38. The molecule has 7 heavy (non-hydrogen) atoms. The molecule has 2 N–H and O–H groups in total. The minimum absolute atomic E-state index is 0.613. The molecular formula is C4H5ClN2. The quantitative estimate of drug-likeness (QED) is 0.455.